The first-order chi connectivity index (χ1) is 30.5. The highest BCUT2D eigenvalue weighted by molar-refractivity contribution is 5.71. The zero-order valence-electron chi connectivity index (χ0n) is 41.9. The van der Waals surface area contributed by atoms with Gasteiger partial charge in [0.1, 0.15) is 13.2 Å². The Labute approximate surface area is 386 Å². The third-order valence-corrected chi connectivity index (χ3v) is 12.5. The standard InChI is InChI=1S/C56H106O6/c1-4-7-10-13-16-18-20-22-24-26-27-28-29-31-32-34-36-38-40-43-46-49-55(58)61-52-53(51-60-54(57)48-45-42-15-12-9-6-3)62-56(59)50-47-44-41-39-37-35-33-30-25-23-21-19-17-14-11-8-5-2/h26-27,53H,4-25,28-52H2,1-3H3/b27-26-. The summed E-state index contributed by atoms with van der Waals surface area (Å²) in [7, 11) is 0. The van der Waals surface area contributed by atoms with E-state index in [2.05, 4.69) is 32.9 Å². The van der Waals surface area contributed by atoms with Crippen molar-refractivity contribution in [2.24, 2.45) is 0 Å². The lowest BCUT2D eigenvalue weighted by Crippen LogP contribution is -2.30. The van der Waals surface area contributed by atoms with E-state index in [0.717, 1.165) is 57.8 Å². The third kappa shape index (κ3) is 49.2. The molecule has 0 bridgehead atoms. The van der Waals surface area contributed by atoms with Crippen LogP contribution in [-0.4, -0.2) is 37.2 Å². The fraction of sp³-hybridized carbons (Fsp3) is 0.911. The molecule has 62 heavy (non-hydrogen) atoms. The lowest BCUT2D eigenvalue weighted by atomic mass is 10.0. The zero-order valence-corrected chi connectivity index (χ0v) is 41.9. The highest BCUT2D eigenvalue weighted by atomic mass is 16.6. The maximum Gasteiger partial charge on any atom is 0.306 e. The Balaban J connectivity index is 4.11. The Hall–Kier alpha value is -1.85. The average molecular weight is 875 g/mol. The van der Waals surface area contributed by atoms with Crippen molar-refractivity contribution in [2.75, 3.05) is 13.2 Å². The zero-order chi connectivity index (χ0) is 45.1. The Morgan fingerprint density at radius 2 is 0.532 bits per heavy atom. The summed E-state index contributed by atoms with van der Waals surface area (Å²) in [5, 5.41) is 0. The molecule has 0 amide bonds. The summed E-state index contributed by atoms with van der Waals surface area (Å²) in [4.78, 5) is 37.8. The number of rotatable bonds is 51. The van der Waals surface area contributed by atoms with Crippen molar-refractivity contribution in [3.8, 4) is 0 Å². The van der Waals surface area contributed by atoms with Crippen LogP contribution in [0.15, 0.2) is 12.2 Å². The molecule has 0 saturated heterocycles. The molecule has 1 unspecified atom stereocenters. The lowest BCUT2D eigenvalue weighted by Gasteiger charge is -2.18. The van der Waals surface area contributed by atoms with Crippen molar-refractivity contribution in [1.82, 2.24) is 0 Å². The molecule has 0 heterocycles. The van der Waals surface area contributed by atoms with E-state index in [1.807, 2.05) is 0 Å². The molecule has 366 valence electrons. The van der Waals surface area contributed by atoms with Crippen LogP contribution in [0.5, 0.6) is 0 Å². The molecule has 0 aliphatic heterocycles. The Kier molecular flexibility index (Phi) is 50.2. The van der Waals surface area contributed by atoms with E-state index in [0.29, 0.717) is 19.3 Å². The number of esters is 3. The van der Waals surface area contributed by atoms with Crippen LogP contribution in [0.1, 0.15) is 310 Å². The van der Waals surface area contributed by atoms with Crippen LogP contribution in [0.2, 0.25) is 0 Å². The molecule has 1 atom stereocenters. The van der Waals surface area contributed by atoms with Gasteiger partial charge in [0.25, 0.3) is 0 Å². The van der Waals surface area contributed by atoms with Gasteiger partial charge in [-0.3, -0.25) is 14.4 Å². The highest BCUT2D eigenvalue weighted by Gasteiger charge is 2.19. The maximum atomic E-state index is 12.8. The molecule has 0 spiro atoms. The van der Waals surface area contributed by atoms with Crippen LogP contribution in [0.3, 0.4) is 0 Å². The van der Waals surface area contributed by atoms with Crippen LogP contribution in [0.4, 0.5) is 0 Å². The van der Waals surface area contributed by atoms with Crippen LogP contribution in [-0.2, 0) is 28.6 Å². The second-order valence-electron chi connectivity index (χ2n) is 18.9. The molecular formula is C56H106O6. The van der Waals surface area contributed by atoms with Gasteiger partial charge in [-0.1, -0.05) is 258 Å². The molecule has 0 saturated carbocycles. The molecule has 0 N–H and O–H groups in total. The predicted molar refractivity (Wildman–Crippen MR) is 266 cm³/mol. The summed E-state index contributed by atoms with van der Waals surface area (Å²) in [6.45, 7) is 6.62. The Morgan fingerprint density at radius 1 is 0.306 bits per heavy atom. The van der Waals surface area contributed by atoms with Gasteiger partial charge in [0.05, 0.1) is 0 Å². The average Bonchev–Trinajstić information content (AvgIpc) is 3.27. The number of carbonyl (C=O) groups excluding carboxylic acids is 3. The molecule has 0 aliphatic carbocycles. The molecule has 0 aliphatic rings. The van der Waals surface area contributed by atoms with Crippen LogP contribution in [0.25, 0.3) is 0 Å². The number of allylic oxidation sites excluding steroid dienone is 2. The minimum Gasteiger partial charge on any atom is -0.462 e. The second kappa shape index (κ2) is 51.8. The maximum absolute atomic E-state index is 12.8. The summed E-state index contributed by atoms with van der Waals surface area (Å²) < 4.78 is 16.7. The van der Waals surface area contributed by atoms with E-state index in [9.17, 15) is 14.4 Å². The number of ether oxygens (including phenoxy) is 3. The summed E-state index contributed by atoms with van der Waals surface area (Å²) in [6, 6.07) is 0. The first-order valence-corrected chi connectivity index (χ1v) is 27.7. The van der Waals surface area contributed by atoms with Gasteiger partial charge in [-0.05, 0) is 44.9 Å². The molecule has 0 aromatic heterocycles. The van der Waals surface area contributed by atoms with Crippen molar-refractivity contribution < 1.29 is 28.6 Å². The molecule has 0 aromatic rings. The quantitative estimate of drug-likeness (QED) is 0.0262. The SMILES string of the molecule is CCCCCCCCCC/C=C\CCCCCCCCCCCC(=O)OCC(COC(=O)CCCCCCCC)OC(=O)CCCCCCCCCCCCCCCCCCC. The van der Waals surface area contributed by atoms with Crippen molar-refractivity contribution in [3.05, 3.63) is 12.2 Å². The number of hydrogen-bond donors (Lipinski definition) is 0. The number of carbonyl (C=O) groups is 3. The summed E-state index contributed by atoms with van der Waals surface area (Å²) in [5.41, 5.74) is 0. The number of unbranched alkanes of at least 4 members (excludes halogenated alkanes) is 38. The van der Waals surface area contributed by atoms with Crippen LogP contribution in [0, 0.1) is 0 Å². The molecule has 6 heteroatoms. The molecule has 0 radical (unpaired) electrons. The highest BCUT2D eigenvalue weighted by Crippen LogP contribution is 2.17. The minimum absolute atomic E-state index is 0.0665. The smallest absolute Gasteiger partial charge is 0.306 e. The van der Waals surface area contributed by atoms with Crippen LogP contribution >= 0.6 is 0 Å². The molecular weight excluding hydrogens is 769 g/mol. The molecule has 0 fully saturated rings. The first kappa shape index (κ1) is 60.2. The topological polar surface area (TPSA) is 78.9 Å². The fourth-order valence-electron chi connectivity index (χ4n) is 8.32. The summed E-state index contributed by atoms with van der Waals surface area (Å²) in [6.07, 6.45) is 58.0. The van der Waals surface area contributed by atoms with Crippen LogP contribution < -0.4 is 0 Å². The van der Waals surface area contributed by atoms with Crippen molar-refractivity contribution in [2.45, 2.75) is 316 Å². The number of hydrogen-bond acceptors (Lipinski definition) is 6. The van der Waals surface area contributed by atoms with Gasteiger partial charge in [0.2, 0.25) is 0 Å². The third-order valence-electron chi connectivity index (χ3n) is 12.5. The van der Waals surface area contributed by atoms with Gasteiger partial charge in [-0.15, -0.1) is 0 Å². The lowest BCUT2D eigenvalue weighted by molar-refractivity contribution is -0.167. The van der Waals surface area contributed by atoms with E-state index in [-0.39, 0.29) is 31.1 Å². The van der Waals surface area contributed by atoms with Gasteiger partial charge >= 0.3 is 17.9 Å². The van der Waals surface area contributed by atoms with E-state index >= 15 is 0 Å². The first-order valence-electron chi connectivity index (χ1n) is 27.7. The Morgan fingerprint density at radius 3 is 0.806 bits per heavy atom. The Bertz CT molecular complexity index is 962. The van der Waals surface area contributed by atoms with Gasteiger partial charge in [0, 0.05) is 19.3 Å². The normalized spacial score (nSPS) is 12.0. The van der Waals surface area contributed by atoms with Crippen molar-refractivity contribution in [1.29, 1.82) is 0 Å². The van der Waals surface area contributed by atoms with E-state index in [4.69, 9.17) is 14.2 Å². The van der Waals surface area contributed by atoms with Crippen molar-refractivity contribution >= 4 is 17.9 Å². The van der Waals surface area contributed by atoms with Crippen molar-refractivity contribution in [3.63, 3.8) is 0 Å². The summed E-state index contributed by atoms with van der Waals surface area (Å²) >= 11 is 0. The monoisotopic (exact) mass is 875 g/mol. The fourth-order valence-corrected chi connectivity index (χ4v) is 8.32. The van der Waals surface area contributed by atoms with Gasteiger partial charge in [0.15, 0.2) is 6.10 Å². The predicted octanol–water partition coefficient (Wildman–Crippen LogP) is 18.2. The molecule has 0 rings (SSSR count). The largest absolute Gasteiger partial charge is 0.462 e. The summed E-state index contributed by atoms with van der Waals surface area (Å²) in [5.74, 6) is -0.859. The van der Waals surface area contributed by atoms with E-state index < -0.39 is 6.10 Å². The van der Waals surface area contributed by atoms with Gasteiger partial charge in [-0.25, -0.2) is 0 Å². The van der Waals surface area contributed by atoms with E-state index in [1.165, 1.54) is 212 Å². The second-order valence-corrected chi connectivity index (χ2v) is 18.9. The van der Waals surface area contributed by atoms with Gasteiger partial charge in [-0.2, -0.15) is 0 Å². The minimum atomic E-state index is -0.763. The molecule has 0 aromatic carbocycles. The molecule has 6 nitrogen and oxygen atoms in total. The van der Waals surface area contributed by atoms with Gasteiger partial charge < -0.3 is 14.2 Å². The van der Waals surface area contributed by atoms with E-state index in [1.54, 1.807) is 0 Å².